The first-order chi connectivity index (χ1) is 8.37. The molecule has 0 aromatic carbocycles. The number of aliphatic hydroxyl groups excluding tert-OH is 2. The van der Waals surface area contributed by atoms with Crippen molar-refractivity contribution in [3.63, 3.8) is 0 Å². The average Bonchev–Trinajstić information content (AvgIpc) is 2.52. The van der Waals surface area contributed by atoms with E-state index in [-0.39, 0.29) is 0 Å². The molecule has 1 aliphatic heterocycles. The molecule has 0 bridgehead atoms. The highest BCUT2D eigenvalue weighted by Gasteiger charge is 2.54. The lowest BCUT2D eigenvalue weighted by molar-refractivity contribution is -0.0459. The van der Waals surface area contributed by atoms with E-state index in [1.165, 1.54) is 12.3 Å². The van der Waals surface area contributed by atoms with Gasteiger partial charge in [0.1, 0.15) is 12.2 Å². The second-order valence-electron chi connectivity index (χ2n) is 3.85. The summed E-state index contributed by atoms with van der Waals surface area (Å²) in [5.74, 6) is 0. The van der Waals surface area contributed by atoms with E-state index in [0.717, 1.165) is 4.57 Å². The van der Waals surface area contributed by atoms with Crippen molar-refractivity contribution in [2.45, 2.75) is 21.7 Å². The van der Waals surface area contributed by atoms with Crippen molar-refractivity contribution in [2.75, 3.05) is 6.61 Å². The number of aromatic amines is 1. The van der Waals surface area contributed by atoms with Gasteiger partial charge in [-0.3, -0.25) is 14.3 Å². The molecule has 7 nitrogen and oxygen atoms in total. The maximum absolute atomic E-state index is 11.7. The van der Waals surface area contributed by atoms with E-state index in [9.17, 15) is 14.7 Å². The number of hydrogen-bond donors (Lipinski definition) is 3. The molecule has 1 fully saturated rings. The third-order valence-corrected chi connectivity index (χ3v) is 4.38. The molecule has 0 saturated carbocycles. The molecule has 3 atom stereocenters. The normalized spacial score (nSPS) is 30.6. The average molecular weight is 386 g/mol. The SMILES string of the molecule is O=c1ccn([C@H]2O[C@H](CO)[C@H](O)C2(Br)Br)c(=O)[nH]1. The van der Waals surface area contributed by atoms with Crippen LogP contribution in [0.1, 0.15) is 6.23 Å². The number of halogens is 2. The zero-order valence-electron chi connectivity index (χ0n) is 8.92. The topological polar surface area (TPSA) is 105 Å². The molecule has 2 heterocycles. The Morgan fingerprint density at radius 2 is 2.17 bits per heavy atom. The Balaban J connectivity index is 2.45. The number of nitrogens with one attached hydrogen (secondary N) is 1. The molecule has 0 unspecified atom stereocenters. The highest BCUT2D eigenvalue weighted by atomic mass is 79.9. The number of aliphatic hydroxyl groups is 2. The fourth-order valence-corrected chi connectivity index (χ4v) is 2.98. The summed E-state index contributed by atoms with van der Waals surface area (Å²) < 4.78 is 5.38. The molecule has 0 aliphatic carbocycles. The van der Waals surface area contributed by atoms with Crippen LogP contribution >= 0.6 is 31.9 Å². The fraction of sp³-hybridized carbons (Fsp3) is 0.556. The third-order valence-electron chi connectivity index (χ3n) is 2.66. The largest absolute Gasteiger partial charge is 0.394 e. The molecule has 3 N–H and O–H groups in total. The number of rotatable bonds is 2. The molecule has 0 spiro atoms. The maximum Gasteiger partial charge on any atom is 0.330 e. The molecular formula is C9H10Br2N2O5. The second kappa shape index (κ2) is 4.89. The second-order valence-corrected chi connectivity index (χ2v) is 7.53. The van der Waals surface area contributed by atoms with Gasteiger partial charge in [-0.25, -0.2) is 4.79 Å². The molecule has 0 radical (unpaired) electrons. The van der Waals surface area contributed by atoms with E-state index in [1.54, 1.807) is 0 Å². The number of H-pyrrole nitrogens is 1. The van der Waals surface area contributed by atoms with E-state index in [4.69, 9.17) is 9.84 Å². The van der Waals surface area contributed by atoms with Crippen LogP contribution in [-0.4, -0.2) is 41.8 Å². The smallest absolute Gasteiger partial charge is 0.330 e. The van der Waals surface area contributed by atoms with E-state index >= 15 is 0 Å². The van der Waals surface area contributed by atoms with Gasteiger partial charge >= 0.3 is 5.69 Å². The minimum Gasteiger partial charge on any atom is -0.394 e. The number of ether oxygens (including phenoxy) is 1. The molecule has 9 heteroatoms. The van der Waals surface area contributed by atoms with Crippen LogP contribution in [0, 0.1) is 0 Å². The Bertz CT molecular complexity index is 554. The Kier molecular flexibility index (Phi) is 3.79. The number of hydrogen-bond acceptors (Lipinski definition) is 5. The Morgan fingerprint density at radius 1 is 1.50 bits per heavy atom. The lowest BCUT2D eigenvalue weighted by Crippen LogP contribution is -2.40. The van der Waals surface area contributed by atoms with E-state index in [2.05, 4.69) is 36.8 Å². The molecule has 0 amide bonds. The summed E-state index contributed by atoms with van der Waals surface area (Å²) in [6, 6.07) is 1.17. The zero-order chi connectivity index (χ0) is 13.5. The van der Waals surface area contributed by atoms with Gasteiger partial charge in [0, 0.05) is 12.3 Å². The van der Waals surface area contributed by atoms with Gasteiger partial charge in [0.2, 0.25) is 0 Å². The van der Waals surface area contributed by atoms with E-state index < -0.39 is 39.5 Å². The van der Waals surface area contributed by atoms with Crippen LogP contribution in [0.15, 0.2) is 21.9 Å². The lowest BCUT2D eigenvalue weighted by atomic mass is 10.2. The molecule has 1 saturated heterocycles. The van der Waals surface area contributed by atoms with Crippen molar-refractivity contribution in [2.24, 2.45) is 0 Å². The van der Waals surface area contributed by atoms with Gasteiger partial charge in [-0.15, -0.1) is 0 Å². The van der Waals surface area contributed by atoms with Gasteiger partial charge in [0.05, 0.1) is 6.61 Å². The summed E-state index contributed by atoms with van der Waals surface area (Å²) >= 11 is 6.45. The summed E-state index contributed by atoms with van der Waals surface area (Å²) in [6.07, 6.45) is -1.55. The minimum atomic E-state index is -1.13. The first-order valence-electron chi connectivity index (χ1n) is 5.01. The number of aromatic nitrogens is 2. The highest BCUT2D eigenvalue weighted by molar-refractivity contribution is 9.25. The molecular weight excluding hydrogens is 376 g/mol. The summed E-state index contributed by atoms with van der Waals surface area (Å²) in [4.78, 5) is 24.7. The van der Waals surface area contributed by atoms with Crippen molar-refractivity contribution in [3.8, 4) is 0 Å². The Hall–Kier alpha value is -0.480. The van der Waals surface area contributed by atoms with Crippen molar-refractivity contribution in [1.29, 1.82) is 0 Å². The predicted octanol–water partition coefficient (Wildman–Crippen LogP) is -0.727. The molecule has 1 aliphatic rings. The van der Waals surface area contributed by atoms with Gasteiger partial charge in [-0.2, -0.15) is 0 Å². The molecule has 2 rings (SSSR count). The van der Waals surface area contributed by atoms with Crippen molar-refractivity contribution >= 4 is 31.9 Å². The van der Waals surface area contributed by atoms with Crippen LogP contribution in [0.3, 0.4) is 0 Å². The summed E-state index contributed by atoms with van der Waals surface area (Å²) in [5, 5.41) is 19.0. The Labute approximate surface area is 118 Å². The molecule has 1 aromatic heterocycles. The maximum atomic E-state index is 11.7. The van der Waals surface area contributed by atoms with Crippen LogP contribution in [-0.2, 0) is 4.74 Å². The number of nitrogens with zero attached hydrogens (tertiary/aromatic N) is 1. The first kappa shape index (κ1) is 13.9. The first-order valence-corrected chi connectivity index (χ1v) is 6.60. The lowest BCUT2D eigenvalue weighted by Gasteiger charge is -2.24. The highest BCUT2D eigenvalue weighted by Crippen LogP contribution is 2.48. The van der Waals surface area contributed by atoms with Crippen LogP contribution in [0.25, 0.3) is 0 Å². The fourth-order valence-electron chi connectivity index (χ4n) is 1.73. The van der Waals surface area contributed by atoms with Crippen LogP contribution in [0.4, 0.5) is 0 Å². The van der Waals surface area contributed by atoms with Crippen molar-refractivity contribution < 1.29 is 14.9 Å². The van der Waals surface area contributed by atoms with Crippen LogP contribution in [0.2, 0.25) is 0 Å². The third kappa shape index (κ3) is 2.21. The minimum absolute atomic E-state index is 0.394. The van der Waals surface area contributed by atoms with Crippen molar-refractivity contribution in [3.05, 3.63) is 33.1 Å². The quantitative estimate of drug-likeness (QED) is 0.582. The monoisotopic (exact) mass is 384 g/mol. The van der Waals surface area contributed by atoms with E-state index in [1.807, 2.05) is 0 Å². The van der Waals surface area contributed by atoms with Crippen LogP contribution in [0.5, 0.6) is 0 Å². The van der Waals surface area contributed by atoms with Crippen LogP contribution < -0.4 is 11.2 Å². The number of alkyl halides is 2. The zero-order valence-corrected chi connectivity index (χ0v) is 12.1. The standard InChI is InChI=1S/C9H10Br2N2O5/c10-9(11)6(16)4(3-14)18-7(9)13-2-1-5(15)12-8(13)17/h1-2,4,6-7,14,16H,3H2,(H,12,15,17)/t4-,6+,7+/m1/s1. The predicted molar refractivity (Wildman–Crippen MR) is 68.9 cm³/mol. The molecule has 18 heavy (non-hydrogen) atoms. The summed E-state index contributed by atoms with van der Waals surface area (Å²) in [7, 11) is 0. The molecule has 1 aromatic rings. The molecule has 100 valence electrons. The van der Waals surface area contributed by atoms with Crippen molar-refractivity contribution in [1.82, 2.24) is 9.55 Å². The summed E-state index contributed by atoms with van der Waals surface area (Å²) in [5.41, 5.74) is -1.19. The summed E-state index contributed by atoms with van der Waals surface area (Å²) in [6.45, 7) is -0.394. The van der Waals surface area contributed by atoms with Gasteiger partial charge < -0.3 is 14.9 Å². The van der Waals surface area contributed by atoms with Gasteiger partial charge in [0.15, 0.2) is 9.46 Å². The van der Waals surface area contributed by atoms with Gasteiger partial charge in [-0.05, 0) is 0 Å². The van der Waals surface area contributed by atoms with E-state index in [0.29, 0.717) is 0 Å². The Morgan fingerprint density at radius 3 is 2.67 bits per heavy atom. The van der Waals surface area contributed by atoms with Gasteiger partial charge in [-0.1, -0.05) is 31.9 Å². The van der Waals surface area contributed by atoms with Gasteiger partial charge in [0.25, 0.3) is 5.56 Å².